The van der Waals surface area contributed by atoms with Crippen molar-refractivity contribution in [3.8, 4) is 11.5 Å². The zero-order valence-electron chi connectivity index (χ0n) is 8.80. The monoisotopic (exact) mass is 262 g/mol. The number of hydrogen-bond donors (Lipinski definition) is 0. The number of hydrogen-bond acceptors (Lipinski definition) is 6. The van der Waals surface area contributed by atoms with Crippen molar-refractivity contribution in [2.75, 3.05) is 14.2 Å². The first kappa shape index (κ1) is 13.0. The summed E-state index contributed by atoms with van der Waals surface area (Å²) in [5.41, 5.74) is -1.19. The Balaban J connectivity index is 3.66. The molecular formula is C8H7ClN2O6. The molecule has 0 unspecified atom stereocenters. The number of ether oxygens (including phenoxy) is 2. The Kier molecular flexibility index (Phi) is 3.69. The maximum atomic E-state index is 10.7. The Bertz CT molecular complexity index is 449. The summed E-state index contributed by atoms with van der Waals surface area (Å²) < 4.78 is 9.48. The molecule has 92 valence electrons. The molecule has 0 saturated heterocycles. The first-order chi connectivity index (χ1) is 7.93. The molecule has 0 aromatic heterocycles. The number of benzene rings is 1. The van der Waals surface area contributed by atoms with E-state index >= 15 is 0 Å². The van der Waals surface area contributed by atoms with Crippen molar-refractivity contribution in [2.45, 2.75) is 0 Å². The molecule has 0 aliphatic rings. The number of methoxy groups -OCH3 is 2. The lowest BCUT2D eigenvalue weighted by Gasteiger charge is -2.08. The quantitative estimate of drug-likeness (QED) is 0.608. The van der Waals surface area contributed by atoms with Crippen LogP contribution in [-0.4, -0.2) is 24.1 Å². The van der Waals surface area contributed by atoms with Gasteiger partial charge in [0.15, 0.2) is 0 Å². The number of halogens is 1. The molecule has 0 bridgehead atoms. The third-order valence-corrected chi connectivity index (χ3v) is 2.28. The zero-order chi connectivity index (χ0) is 13.2. The van der Waals surface area contributed by atoms with Gasteiger partial charge < -0.3 is 9.47 Å². The van der Waals surface area contributed by atoms with Gasteiger partial charge in [-0.15, -0.1) is 0 Å². The second-order valence-corrected chi connectivity index (χ2v) is 3.19. The van der Waals surface area contributed by atoms with Crippen LogP contribution in [0.15, 0.2) is 6.07 Å². The van der Waals surface area contributed by atoms with E-state index in [1.165, 1.54) is 14.2 Å². The molecule has 0 spiro atoms. The number of nitro benzene ring substituents is 2. The van der Waals surface area contributed by atoms with Gasteiger partial charge in [-0.1, -0.05) is 11.6 Å². The average molecular weight is 263 g/mol. The second kappa shape index (κ2) is 4.83. The van der Waals surface area contributed by atoms with Crippen LogP contribution in [0.25, 0.3) is 0 Å². The van der Waals surface area contributed by atoms with Crippen LogP contribution in [0.3, 0.4) is 0 Å². The number of nitrogens with zero attached hydrogens (tertiary/aromatic N) is 2. The molecule has 0 aliphatic carbocycles. The maximum Gasteiger partial charge on any atom is 0.319 e. The fourth-order valence-corrected chi connectivity index (χ4v) is 1.60. The molecule has 17 heavy (non-hydrogen) atoms. The van der Waals surface area contributed by atoms with Crippen LogP contribution in [-0.2, 0) is 0 Å². The van der Waals surface area contributed by atoms with E-state index in [1.54, 1.807) is 0 Å². The molecule has 1 aromatic carbocycles. The lowest BCUT2D eigenvalue weighted by atomic mass is 10.2. The van der Waals surface area contributed by atoms with E-state index in [0.29, 0.717) is 0 Å². The summed E-state index contributed by atoms with van der Waals surface area (Å²) >= 11 is 5.75. The molecule has 0 amide bonds. The third-order valence-electron chi connectivity index (χ3n) is 1.94. The van der Waals surface area contributed by atoms with Gasteiger partial charge in [0, 0.05) is 0 Å². The summed E-state index contributed by atoms with van der Waals surface area (Å²) in [4.78, 5) is 19.8. The zero-order valence-corrected chi connectivity index (χ0v) is 9.56. The Morgan fingerprint density at radius 1 is 1.06 bits per heavy atom. The Labute approximate surface area is 100.0 Å². The second-order valence-electron chi connectivity index (χ2n) is 2.81. The molecule has 0 N–H and O–H groups in total. The van der Waals surface area contributed by atoms with Crippen LogP contribution in [0.5, 0.6) is 11.5 Å². The van der Waals surface area contributed by atoms with Gasteiger partial charge in [-0.05, 0) is 0 Å². The predicted molar refractivity (Wildman–Crippen MR) is 57.9 cm³/mol. The Morgan fingerprint density at radius 2 is 1.41 bits per heavy atom. The minimum absolute atomic E-state index is 0.279. The first-order valence-corrected chi connectivity index (χ1v) is 4.55. The lowest BCUT2D eigenvalue weighted by Crippen LogP contribution is -2.00. The van der Waals surface area contributed by atoms with Gasteiger partial charge >= 0.3 is 11.4 Å². The van der Waals surface area contributed by atoms with Gasteiger partial charge in [-0.2, -0.15) is 0 Å². The van der Waals surface area contributed by atoms with Gasteiger partial charge in [-0.3, -0.25) is 20.2 Å². The highest BCUT2D eigenvalue weighted by atomic mass is 35.5. The van der Waals surface area contributed by atoms with Crippen molar-refractivity contribution in [2.24, 2.45) is 0 Å². The molecule has 0 heterocycles. The third kappa shape index (κ3) is 2.21. The van der Waals surface area contributed by atoms with Gasteiger partial charge in [0.05, 0.1) is 24.1 Å². The van der Waals surface area contributed by atoms with E-state index in [4.69, 9.17) is 21.1 Å². The number of nitro groups is 2. The SMILES string of the molecule is COc1c([N+](=O)[O-])cc([N+](=O)[O-])c(OC)c1Cl. The van der Waals surface area contributed by atoms with E-state index in [1.807, 2.05) is 0 Å². The summed E-state index contributed by atoms with van der Waals surface area (Å²) in [6.45, 7) is 0. The predicted octanol–water partition coefficient (Wildman–Crippen LogP) is 2.17. The fraction of sp³-hybridized carbons (Fsp3) is 0.250. The minimum Gasteiger partial charge on any atom is -0.489 e. The summed E-state index contributed by atoms with van der Waals surface area (Å²) in [5, 5.41) is 21.1. The van der Waals surface area contributed by atoms with Gasteiger partial charge in [-0.25, -0.2) is 0 Å². The van der Waals surface area contributed by atoms with Crippen molar-refractivity contribution in [3.63, 3.8) is 0 Å². The molecule has 0 aliphatic heterocycles. The Morgan fingerprint density at radius 3 is 1.65 bits per heavy atom. The highest BCUT2D eigenvalue weighted by Crippen LogP contribution is 2.46. The molecule has 0 radical (unpaired) electrons. The summed E-state index contributed by atoms with van der Waals surface area (Å²) in [7, 11) is 2.33. The standard InChI is InChI=1S/C8H7ClN2O6/c1-16-7-4(10(12)13)3-5(11(14)15)8(17-2)6(7)9/h3H,1-2H3. The van der Waals surface area contributed by atoms with Gasteiger partial charge in [0.1, 0.15) is 11.1 Å². The van der Waals surface area contributed by atoms with E-state index in [0.717, 1.165) is 6.07 Å². The molecule has 0 fully saturated rings. The lowest BCUT2D eigenvalue weighted by molar-refractivity contribution is -0.395. The van der Waals surface area contributed by atoms with Gasteiger partial charge in [0.25, 0.3) is 0 Å². The molecule has 0 atom stereocenters. The van der Waals surface area contributed by atoms with Crippen molar-refractivity contribution in [3.05, 3.63) is 31.3 Å². The van der Waals surface area contributed by atoms with Crippen LogP contribution in [0.1, 0.15) is 0 Å². The smallest absolute Gasteiger partial charge is 0.319 e. The van der Waals surface area contributed by atoms with Crippen LogP contribution < -0.4 is 9.47 Å². The van der Waals surface area contributed by atoms with Crippen molar-refractivity contribution in [1.82, 2.24) is 0 Å². The first-order valence-electron chi connectivity index (χ1n) is 4.17. The van der Waals surface area contributed by atoms with Crippen molar-refractivity contribution >= 4 is 23.0 Å². The Hall–Kier alpha value is -2.09. The van der Waals surface area contributed by atoms with E-state index < -0.39 is 21.2 Å². The highest BCUT2D eigenvalue weighted by Gasteiger charge is 2.30. The molecule has 8 nitrogen and oxygen atoms in total. The largest absolute Gasteiger partial charge is 0.489 e. The average Bonchev–Trinajstić information content (AvgIpc) is 2.27. The maximum absolute atomic E-state index is 10.7. The van der Waals surface area contributed by atoms with Gasteiger partial charge in [0.2, 0.25) is 11.5 Å². The van der Waals surface area contributed by atoms with Crippen molar-refractivity contribution in [1.29, 1.82) is 0 Å². The van der Waals surface area contributed by atoms with Crippen LogP contribution in [0, 0.1) is 20.2 Å². The van der Waals surface area contributed by atoms with E-state index in [2.05, 4.69) is 0 Å². The normalized spacial score (nSPS) is 9.82. The fourth-order valence-electron chi connectivity index (χ4n) is 1.25. The van der Waals surface area contributed by atoms with E-state index in [9.17, 15) is 20.2 Å². The van der Waals surface area contributed by atoms with Crippen LogP contribution >= 0.6 is 11.6 Å². The summed E-state index contributed by atoms with van der Waals surface area (Å²) in [6, 6.07) is 0.740. The summed E-state index contributed by atoms with van der Waals surface area (Å²) in [6.07, 6.45) is 0. The molecule has 9 heteroatoms. The van der Waals surface area contributed by atoms with E-state index in [-0.39, 0.29) is 16.5 Å². The minimum atomic E-state index is -0.822. The summed E-state index contributed by atoms with van der Waals surface area (Å²) in [5.74, 6) is -0.557. The number of rotatable bonds is 4. The van der Waals surface area contributed by atoms with Crippen LogP contribution in [0.4, 0.5) is 11.4 Å². The topological polar surface area (TPSA) is 105 Å². The highest BCUT2D eigenvalue weighted by molar-refractivity contribution is 6.34. The molecule has 1 aromatic rings. The molecule has 1 rings (SSSR count). The van der Waals surface area contributed by atoms with Crippen molar-refractivity contribution < 1.29 is 19.3 Å². The molecule has 0 saturated carbocycles. The molecular weight excluding hydrogens is 256 g/mol. The van der Waals surface area contributed by atoms with Crippen LogP contribution in [0.2, 0.25) is 5.02 Å².